The highest BCUT2D eigenvalue weighted by atomic mass is 16.5. The van der Waals surface area contributed by atoms with Gasteiger partial charge in [0.15, 0.2) is 0 Å². The van der Waals surface area contributed by atoms with Crippen LogP contribution in [0.15, 0.2) is 54.6 Å². The Bertz CT molecular complexity index is 788. The largest absolute Gasteiger partial charge is 0.497 e. The maximum atomic E-state index is 13.1. The zero-order chi connectivity index (χ0) is 20.1. The van der Waals surface area contributed by atoms with E-state index in [1.165, 1.54) is 5.56 Å². The number of ether oxygens (including phenoxy) is 1. The normalized spacial score (nSPS) is 22.6. The summed E-state index contributed by atoms with van der Waals surface area (Å²) < 4.78 is 5.22. The van der Waals surface area contributed by atoms with E-state index in [9.17, 15) is 4.79 Å². The number of nitrogens with zero attached hydrogens (tertiary/aromatic N) is 2. The molecule has 2 aliphatic rings. The number of hydrogen-bond donors (Lipinski definition) is 2. The molecule has 2 unspecified atom stereocenters. The number of hydrazine groups is 1. The van der Waals surface area contributed by atoms with Crippen molar-refractivity contribution < 1.29 is 9.53 Å². The molecule has 2 fully saturated rings. The number of piperazine rings is 1. The molecule has 2 saturated heterocycles. The summed E-state index contributed by atoms with van der Waals surface area (Å²) in [4.78, 5) is 17.6. The van der Waals surface area contributed by atoms with Gasteiger partial charge < -0.3 is 9.64 Å². The lowest BCUT2D eigenvalue weighted by atomic mass is 9.93. The molecule has 0 aliphatic carbocycles. The van der Waals surface area contributed by atoms with Crippen molar-refractivity contribution >= 4 is 5.91 Å². The second-order valence-electron chi connectivity index (χ2n) is 7.79. The van der Waals surface area contributed by atoms with E-state index < -0.39 is 0 Å². The SMILES string of the molecule is COc1ccc(CCN2CCN(C(=O)C3CNNC3c3ccccc3)CC2)cc1. The Morgan fingerprint density at radius 1 is 1.03 bits per heavy atom. The van der Waals surface area contributed by atoms with Crippen LogP contribution in [-0.4, -0.2) is 62.1 Å². The van der Waals surface area contributed by atoms with Crippen molar-refractivity contribution in [2.24, 2.45) is 5.92 Å². The first-order valence-corrected chi connectivity index (χ1v) is 10.4. The van der Waals surface area contributed by atoms with Crippen LogP contribution in [0.3, 0.4) is 0 Å². The first kappa shape index (κ1) is 19.9. The third-order valence-electron chi connectivity index (χ3n) is 6.02. The molecule has 2 aromatic rings. The van der Waals surface area contributed by atoms with Crippen LogP contribution < -0.4 is 15.6 Å². The van der Waals surface area contributed by atoms with Gasteiger partial charge in [0.2, 0.25) is 5.91 Å². The number of amides is 1. The van der Waals surface area contributed by atoms with Crippen molar-refractivity contribution in [3.05, 3.63) is 65.7 Å². The van der Waals surface area contributed by atoms with E-state index in [2.05, 4.69) is 40.0 Å². The lowest BCUT2D eigenvalue weighted by Gasteiger charge is -2.36. The number of carbonyl (C=O) groups is 1. The van der Waals surface area contributed by atoms with Gasteiger partial charge in [0.25, 0.3) is 0 Å². The van der Waals surface area contributed by atoms with E-state index in [0.29, 0.717) is 6.54 Å². The number of hydrogen-bond acceptors (Lipinski definition) is 5. The van der Waals surface area contributed by atoms with Gasteiger partial charge in [0.05, 0.1) is 19.1 Å². The van der Waals surface area contributed by atoms with E-state index in [-0.39, 0.29) is 17.9 Å². The van der Waals surface area contributed by atoms with E-state index in [4.69, 9.17) is 4.74 Å². The first-order valence-electron chi connectivity index (χ1n) is 10.4. The summed E-state index contributed by atoms with van der Waals surface area (Å²) in [6.07, 6.45) is 1.02. The van der Waals surface area contributed by atoms with Crippen molar-refractivity contribution in [3.63, 3.8) is 0 Å². The molecule has 6 nitrogen and oxygen atoms in total. The predicted octanol–water partition coefficient (Wildman–Crippen LogP) is 1.85. The lowest BCUT2D eigenvalue weighted by Crippen LogP contribution is -2.51. The average Bonchev–Trinajstić information content (AvgIpc) is 3.28. The molecule has 154 valence electrons. The number of methoxy groups -OCH3 is 1. The summed E-state index contributed by atoms with van der Waals surface area (Å²) in [5, 5.41) is 0. The van der Waals surface area contributed by atoms with Crippen molar-refractivity contribution in [3.8, 4) is 5.75 Å². The van der Waals surface area contributed by atoms with Crippen LogP contribution in [0.1, 0.15) is 17.2 Å². The number of benzene rings is 2. The Morgan fingerprint density at radius 2 is 1.76 bits per heavy atom. The smallest absolute Gasteiger partial charge is 0.229 e. The summed E-state index contributed by atoms with van der Waals surface area (Å²) in [7, 11) is 1.69. The van der Waals surface area contributed by atoms with Crippen LogP contribution in [-0.2, 0) is 11.2 Å². The van der Waals surface area contributed by atoms with Gasteiger partial charge in [0, 0.05) is 39.3 Å². The Labute approximate surface area is 172 Å². The Kier molecular flexibility index (Phi) is 6.44. The standard InChI is InChI=1S/C23H30N4O2/c1-29-20-9-7-18(8-10-20)11-12-26-13-15-27(16-14-26)23(28)21-17-24-25-22(21)19-5-3-2-4-6-19/h2-10,21-22,24-25H,11-17H2,1H3. The van der Waals surface area contributed by atoms with Crippen LogP contribution in [0.25, 0.3) is 0 Å². The van der Waals surface area contributed by atoms with E-state index in [0.717, 1.165) is 50.5 Å². The topological polar surface area (TPSA) is 56.8 Å². The molecule has 4 rings (SSSR count). The molecular weight excluding hydrogens is 364 g/mol. The van der Waals surface area contributed by atoms with E-state index in [1.807, 2.05) is 35.2 Å². The van der Waals surface area contributed by atoms with E-state index >= 15 is 0 Å². The predicted molar refractivity (Wildman–Crippen MR) is 114 cm³/mol. The van der Waals surface area contributed by atoms with Crippen LogP contribution in [0.4, 0.5) is 0 Å². The summed E-state index contributed by atoms with van der Waals surface area (Å²) in [6.45, 7) is 5.18. The molecular formula is C23H30N4O2. The Hall–Kier alpha value is -2.41. The second kappa shape index (κ2) is 9.39. The van der Waals surface area contributed by atoms with Crippen molar-refractivity contribution in [2.45, 2.75) is 12.5 Å². The minimum Gasteiger partial charge on any atom is -0.497 e. The van der Waals surface area contributed by atoms with Gasteiger partial charge in [0.1, 0.15) is 5.75 Å². The number of rotatable bonds is 6. The molecule has 1 amide bonds. The highest BCUT2D eigenvalue weighted by Crippen LogP contribution is 2.26. The van der Waals surface area contributed by atoms with Gasteiger partial charge in [-0.15, -0.1) is 0 Å². The maximum absolute atomic E-state index is 13.1. The van der Waals surface area contributed by atoms with Gasteiger partial charge in [-0.25, -0.2) is 5.43 Å². The average molecular weight is 395 g/mol. The van der Waals surface area contributed by atoms with E-state index in [1.54, 1.807) is 7.11 Å². The Morgan fingerprint density at radius 3 is 2.45 bits per heavy atom. The van der Waals surface area contributed by atoms with Crippen LogP contribution >= 0.6 is 0 Å². The molecule has 2 N–H and O–H groups in total. The summed E-state index contributed by atoms with van der Waals surface area (Å²) in [5.74, 6) is 1.10. The molecule has 2 heterocycles. The van der Waals surface area contributed by atoms with Crippen LogP contribution in [0.5, 0.6) is 5.75 Å². The minimum absolute atomic E-state index is 0.0387. The molecule has 2 aliphatic heterocycles. The van der Waals surface area contributed by atoms with Gasteiger partial charge >= 0.3 is 0 Å². The zero-order valence-electron chi connectivity index (χ0n) is 17.0. The molecule has 0 aromatic heterocycles. The summed E-state index contributed by atoms with van der Waals surface area (Å²) in [5.41, 5.74) is 8.94. The highest BCUT2D eigenvalue weighted by Gasteiger charge is 2.37. The molecule has 29 heavy (non-hydrogen) atoms. The fraction of sp³-hybridized carbons (Fsp3) is 0.435. The number of nitrogens with one attached hydrogen (secondary N) is 2. The fourth-order valence-electron chi connectivity index (χ4n) is 4.21. The Balaban J connectivity index is 1.27. The van der Waals surface area contributed by atoms with Gasteiger partial charge in [-0.3, -0.25) is 15.1 Å². The van der Waals surface area contributed by atoms with Gasteiger partial charge in [-0.05, 0) is 29.7 Å². The summed E-state index contributed by atoms with van der Waals surface area (Å²) in [6, 6.07) is 18.5. The molecule has 2 aromatic carbocycles. The van der Waals surface area contributed by atoms with Crippen molar-refractivity contribution in [1.82, 2.24) is 20.7 Å². The second-order valence-corrected chi connectivity index (χ2v) is 7.79. The fourth-order valence-corrected chi connectivity index (χ4v) is 4.21. The highest BCUT2D eigenvalue weighted by molar-refractivity contribution is 5.80. The quantitative estimate of drug-likeness (QED) is 0.783. The molecule has 0 radical (unpaired) electrons. The molecule has 0 spiro atoms. The molecule has 6 heteroatoms. The van der Waals surface area contributed by atoms with Crippen molar-refractivity contribution in [2.75, 3.05) is 46.4 Å². The molecule has 0 saturated carbocycles. The minimum atomic E-state index is -0.0525. The van der Waals surface area contributed by atoms with Gasteiger partial charge in [-0.1, -0.05) is 42.5 Å². The third-order valence-corrected chi connectivity index (χ3v) is 6.02. The van der Waals surface area contributed by atoms with Gasteiger partial charge in [-0.2, -0.15) is 0 Å². The molecule has 0 bridgehead atoms. The number of carbonyl (C=O) groups excluding carboxylic acids is 1. The molecule has 2 atom stereocenters. The maximum Gasteiger partial charge on any atom is 0.229 e. The van der Waals surface area contributed by atoms with Crippen molar-refractivity contribution in [1.29, 1.82) is 0 Å². The van der Waals surface area contributed by atoms with Crippen LogP contribution in [0.2, 0.25) is 0 Å². The monoisotopic (exact) mass is 394 g/mol. The van der Waals surface area contributed by atoms with Crippen LogP contribution in [0, 0.1) is 5.92 Å². The summed E-state index contributed by atoms with van der Waals surface area (Å²) >= 11 is 0. The lowest BCUT2D eigenvalue weighted by molar-refractivity contribution is -0.137. The first-order chi connectivity index (χ1) is 14.2. The third kappa shape index (κ3) is 4.78. The zero-order valence-corrected chi connectivity index (χ0v) is 17.0.